The molecule has 0 saturated carbocycles. The van der Waals surface area contributed by atoms with Gasteiger partial charge in [-0.1, -0.05) is 12.1 Å². The summed E-state index contributed by atoms with van der Waals surface area (Å²) in [7, 11) is -2.68. The Labute approximate surface area is 132 Å². The lowest BCUT2D eigenvalue weighted by Gasteiger charge is -2.11. The van der Waals surface area contributed by atoms with Crippen LogP contribution in [0.25, 0.3) is 0 Å². The summed E-state index contributed by atoms with van der Waals surface area (Å²) in [5.41, 5.74) is 1.90. The van der Waals surface area contributed by atoms with E-state index in [1.165, 1.54) is 29.7 Å². The van der Waals surface area contributed by atoms with Crippen molar-refractivity contribution in [2.75, 3.05) is 0 Å². The van der Waals surface area contributed by atoms with Gasteiger partial charge in [0.05, 0.1) is 4.92 Å². The van der Waals surface area contributed by atoms with Gasteiger partial charge in [0.15, 0.2) is 4.90 Å². The van der Waals surface area contributed by atoms with Gasteiger partial charge < -0.3 is 4.57 Å². The van der Waals surface area contributed by atoms with Crippen LogP contribution in [0, 0.1) is 17.0 Å². The summed E-state index contributed by atoms with van der Waals surface area (Å²) in [4.78, 5) is 23.5. The van der Waals surface area contributed by atoms with Crippen molar-refractivity contribution in [3.63, 3.8) is 0 Å². The fourth-order valence-electron chi connectivity index (χ4n) is 2.06. The van der Waals surface area contributed by atoms with Gasteiger partial charge in [-0.25, -0.2) is 8.42 Å². The number of aryl methyl sites for hydroxylation is 2. The molecule has 0 aliphatic carbocycles. The van der Waals surface area contributed by atoms with Crippen molar-refractivity contribution in [1.29, 1.82) is 0 Å². The number of nitro groups is 1. The largest absolute Gasteiger partial charge is 0.347 e. The normalized spacial score (nSPS) is 11.2. The number of hydrogen-bond donors (Lipinski definition) is 2. The van der Waals surface area contributed by atoms with Crippen molar-refractivity contribution >= 4 is 21.6 Å². The summed E-state index contributed by atoms with van der Waals surface area (Å²) < 4.78 is 26.1. The Morgan fingerprint density at radius 2 is 1.96 bits per heavy atom. The molecule has 1 aromatic carbocycles. The van der Waals surface area contributed by atoms with Crippen molar-refractivity contribution in [3.8, 4) is 0 Å². The third-order valence-corrected chi connectivity index (χ3v) is 4.57. The molecule has 0 aliphatic rings. The van der Waals surface area contributed by atoms with Crippen LogP contribution < -0.4 is 10.3 Å². The van der Waals surface area contributed by atoms with Gasteiger partial charge in [-0.15, -0.1) is 4.83 Å². The molecule has 2 rings (SSSR count). The molecule has 0 bridgehead atoms. The second-order valence-corrected chi connectivity index (χ2v) is 6.36. The maximum atomic E-state index is 12.3. The van der Waals surface area contributed by atoms with Crippen molar-refractivity contribution in [2.24, 2.45) is 7.05 Å². The molecule has 0 saturated heterocycles. The fraction of sp³-hybridized carbons (Fsp3) is 0.154. The standard InChI is InChI=1S/C13H14N4O5S/c1-9-5-3-6-10(17(19)20)12(9)23(21,22)15-14-13(18)11-7-4-8-16(11)2/h3-8,15H,1-2H3,(H,14,18). The third-order valence-electron chi connectivity index (χ3n) is 3.13. The number of amides is 1. The molecule has 0 radical (unpaired) electrons. The van der Waals surface area contributed by atoms with Gasteiger partial charge in [-0.05, 0) is 24.6 Å². The lowest BCUT2D eigenvalue weighted by molar-refractivity contribution is -0.387. The Morgan fingerprint density at radius 3 is 2.52 bits per heavy atom. The first-order valence-corrected chi connectivity index (χ1v) is 7.90. The van der Waals surface area contributed by atoms with Crippen LogP contribution in [0.15, 0.2) is 41.4 Å². The average Bonchev–Trinajstić information content (AvgIpc) is 2.90. The van der Waals surface area contributed by atoms with E-state index in [-0.39, 0.29) is 11.3 Å². The first-order chi connectivity index (χ1) is 10.7. The Hall–Kier alpha value is -2.72. The third kappa shape index (κ3) is 3.38. The van der Waals surface area contributed by atoms with Crippen molar-refractivity contribution in [2.45, 2.75) is 11.8 Å². The molecule has 2 N–H and O–H groups in total. The number of nitro benzene ring substituents is 1. The lowest BCUT2D eigenvalue weighted by atomic mass is 10.2. The maximum Gasteiger partial charge on any atom is 0.289 e. The van der Waals surface area contributed by atoms with E-state index in [1.807, 2.05) is 10.3 Å². The molecular weight excluding hydrogens is 324 g/mol. The smallest absolute Gasteiger partial charge is 0.289 e. The van der Waals surface area contributed by atoms with Gasteiger partial charge >= 0.3 is 0 Å². The minimum atomic E-state index is -4.30. The molecule has 0 atom stereocenters. The topological polar surface area (TPSA) is 123 Å². The maximum absolute atomic E-state index is 12.3. The molecule has 0 fully saturated rings. The minimum Gasteiger partial charge on any atom is -0.347 e. The van der Waals surface area contributed by atoms with Crippen molar-refractivity contribution in [3.05, 3.63) is 57.9 Å². The van der Waals surface area contributed by atoms with Crippen molar-refractivity contribution < 1.29 is 18.1 Å². The van der Waals surface area contributed by atoms with E-state index in [9.17, 15) is 23.3 Å². The molecule has 122 valence electrons. The summed E-state index contributed by atoms with van der Waals surface area (Å²) in [6.07, 6.45) is 1.62. The molecule has 1 heterocycles. The quantitative estimate of drug-likeness (QED) is 0.618. The van der Waals surface area contributed by atoms with Crippen LogP contribution in [0.2, 0.25) is 0 Å². The van der Waals surface area contributed by atoms with E-state index in [0.29, 0.717) is 0 Å². The lowest BCUT2D eigenvalue weighted by Crippen LogP contribution is -2.42. The average molecular weight is 338 g/mol. The summed E-state index contributed by atoms with van der Waals surface area (Å²) in [5.74, 6) is -0.683. The first kappa shape index (κ1) is 16.6. The highest BCUT2D eigenvalue weighted by Crippen LogP contribution is 2.26. The van der Waals surface area contributed by atoms with E-state index in [4.69, 9.17) is 0 Å². The highest BCUT2D eigenvalue weighted by atomic mass is 32.2. The number of nitrogens with zero attached hydrogens (tertiary/aromatic N) is 2. The van der Waals surface area contributed by atoms with Gasteiger partial charge in [0.25, 0.3) is 21.6 Å². The van der Waals surface area contributed by atoms with Crippen molar-refractivity contribution in [1.82, 2.24) is 14.8 Å². The number of hydrogen-bond acceptors (Lipinski definition) is 5. The monoisotopic (exact) mass is 338 g/mol. The van der Waals surface area contributed by atoms with E-state index in [1.54, 1.807) is 19.3 Å². The van der Waals surface area contributed by atoms with E-state index < -0.39 is 31.4 Å². The Kier molecular flexibility index (Phi) is 4.48. The number of rotatable bonds is 5. The van der Waals surface area contributed by atoms with Crippen LogP contribution >= 0.6 is 0 Å². The number of carbonyl (C=O) groups is 1. The fourth-order valence-corrected chi connectivity index (χ4v) is 3.29. The van der Waals surface area contributed by atoms with Crippen LogP contribution in [0.5, 0.6) is 0 Å². The van der Waals surface area contributed by atoms with E-state index in [2.05, 4.69) is 0 Å². The highest BCUT2D eigenvalue weighted by molar-refractivity contribution is 7.89. The van der Waals surface area contributed by atoms with E-state index >= 15 is 0 Å². The molecule has 0 unspecified atom stereocenters. The molecular formula is C13H14N4O5S. The van der Waals surface area contributed by atoms with Crippen LogP contribution in [0.1, 0.15) is 16.1 Å². The number of aromatic nitrogens is 1. The zero-order chi connectivity index (χ0) is 17.2. The van der Waals surface area contributed by atoms with E-state index in [0.717, 1.165) is 6.07 Å². The number of hydrazine groups is 1. The summed E-state index contributed by atoms with van der Waals surface area (Å²) in [6.45, 7) is 1.43. The van der Waals surface area contributed by atoms with Crippen LogP contribution in [0.3, 0.4) is 0 Å². The van der Waals surface area contributed by atoms with Gasteiger partial charge in [-0.2, -0.15) is 0 Å². The zero-order valence-corrected chi connectivity index (χ0v) is 13.1. The Morgan fingerprint density at radius 1 is 1.26 bits per heavy atom. The van der Waals surface area contributed by atoms with Gasteiger partial charge in [0.1, 0.15) is 5.69 Å². The molecule has 0 spiro atoms. The molecule has 0 aliphatic heterocycles. The summed E-state index contributed by atoms with van der Waals surface area (Å²) in [5, 5.41) is 11.0. The SMILES string of the molecule is Cc1cccc([N+](=O)[O-])c1S(=O)(=O)NNC(=O)c1cccn1C. The molecule has 2 aromatic rings. The predicted molar refractivity (Wildman–Crippen MR) is 81.0 cm³/mol. The number of sulfonamides is 1. The van der Waals surface area contributed by atoms with Crippen LogP contribution in [-0.4, -0.2) is 23.8 Å². The number of nitrogens with one attached hydrogen (secondary N) is 2. The molecule has 23 heavy (non-hydrogen) atoms. The van der Waals surface area contributed by atoms with Crippen LogP contribution in [0.4, 0.5) is 5.69 Å². The highest BCUT2D eigenvalue weighted by Gasteiger charge is 2.28. The predicted octanol–water partition coefficient (Wildman–Crippen LogP) is 0.865. The van der Waals surface area contributed by atoms with Gasteiger partial charge in [0.2, 0.25) is 0 Å². The second-order valence-electron chi connectivity index (χ2n) is 4.74. The summed E-state index contributed by atoms with van der Waals surface area (Å²) in [6, 6.07) is 7.02. The molecule has 1 aromatic heterocycles. The molecule has 9 nitrogen and oxygen atoms in total. The van der Waals surface area contributed by atoms with Gasteiger partial charge in [0, 0.05) is 19.3 Å². The van der Waals surface area contributed by atoms with Gasteiger partial charge in [-0.3, -0.25) is 20.3 Å². The second kappa shape index (κ2) is 6.18. The minimum absolute atomic E-state index is 0.194. The first-order valence-electron chi connectivity index (χ1n) is 6.41. The number of carbonyl (C=O) groups excluding carboxylic acids is 1. The number of benzene rings is 1. The molecule has 1 amide bonds. The zero-order valence-electron chi connectivity index (χ0n) is 12.3. The Bertz CT molecular complexity index is 872. The van der Waals surface area contributed by atoms with Crippen LogP contribution in [-0.2, 0) is 17.1 Å². The molecule has 10 heteroatoms. The summed E-state index contributed by atoms with van der Waals surface area (Å²) >= 11 is 0. The Balaban J connectivity index is 2.29.